The predicted octanol–water partition coefficient (Wildman–Crippen LogP) is -0.794. The summed E-state index contributed by atoms with van der Waals surface area (Å²) in [6.07, 6.45) is 0. The minimum atomic E-state index is -3.08. The fourth-order valence-electron chi connectivity index (χ4n) is 1.71. The van der Waals surface area contributed by atoms with Gasteiger partial charge in [0, 0.05) is 13.1 Å². The van der Waals surface area contributed by atoms with E-state index in [-0.39, 0.29) is 23.3 Å². The topological polar surface area (TPSA) is 78.9 Å². The molecule has 2 N–H and O–H groups in total. The molecule has 0 saturated carbocycles. The molecule has 0 radical (unpaired) electrons. The molecule has 1 saturated heterocycles. The highest BCUT2D eigenvalue weighted by Crippen LogP contribution is 2.17. The zero-order valence-corrected chi connectivity index (χ0v) is 13.1. The first-order chi connectivity index (χ1) is 8.84. The second-order valence-corrected chi connectivity index (χ2v) is 7.59. The van der Waals surface area contributed by atoms with E-state index in [1.807, 2.05) is 11.9 Å². The third kappa shape index (κ3) is 6.22. The highest BCUT2D eigenvalue weighted by atomic mass is 35.5. The van der Waals surface area contributed by atoms with Gasteiger partial charge in [-0.3, -0.25) is 0 Å². The molecule has 0 aromatic carbocycles. The van der Waals surface area contributed by atoms with Crippen molar-refractivity contribution in [3.63, 3.8) is 0 Å². The van der Waals surface area contributed by atoms with E-state index in [2.05, 4.69) is 5.32 Å². The van der Waals surface area contributed by atoms with Crippen molar-refractivity contribution in [1.82, 2.24) is 10.2 Å². The summed E-state index contributed by atoms with van der Waals surface area (Å²) in [6, 6.07) is -0.394. The van der Waals surface area contributed by atoms with Crippen molar-refractivity contribution in [2.45, 2.75) is 11.4 Å². The molecule has 6 nitrogen and oxygen atoms in total. The largest absolute Gasteiger partial charge is 0.470 e. The van der Waals surface area contributed by atoms with Gasteiger partial charge in [-0.05, 0) is 19.3 Å². The van der Waals surface area contributed by atoms with Gasteiger partial charge in [0.15, 0.2) is 9.84 Å². The average Bonchev–Trinajstić information content (AvgIpc) is 2.52. The number of likely N-dealkylation sites (N-methyl/N-ethyl adjacent to an activating group) is 1. The number of alkyl halides is 1. The molecule has 0 bridgehead atoms. The first-order valence-corrected chi connectivity index (χ1v) is 8.58. The minimum Gasteiger partial charge on any atom is -0.470 e. The quantitative estimate of drug-likeness (QED) is 0.488. The second-order valence-electron chi connectivity index (χ2n) is 4.51. The molecule has 9 heteroatoms. The molecule has 0 aliphatic carbocycles. The number of thiocarbonyl (C=S) groups is 1. The van der Waals surface area contributed by atoms with Crippen LogP contribution in [0.4, 0.5) is 0 Å². The summed E-state index contributed by atoms with van der Waals surface area (Å²) in [5.74, 6) is -0.0524. The molecule has 1 rings (SSSR count). The lowest BCUT2D eigenvalue weighted by Gasteiger charge is -2.19. The SMILES string of the molecule is CN(CCO)CCOC(=S)N[C@@H]1CS(=O)(=O)C[C@@H]1Cl. The number of aliphatic hydroxyl groups excluding tert-OH is 1. The van der Waals surface area contributed by atoms with E-state index in [0.717, 1.165) is 0 Å². The van der Waals surface area contributed by atoms with E-state index >= 15 is 0 Å². The van der Waals surface area contributed by atoms with Crippen LogP contribution in [0.1, 0.15) is 0 Å². The molecule has 1 aliphatic heterocycles. The van der Waals surface area contributed by atoms with Crippen LogP contribution in [-0.2, 0) is 14.6 Å². The Balaban J connectivity index is 2.25. The van der Waals surface area contributed by atoms with E-state index < -0.39 is 21.3 Å². The fourth-order valence-corrected chi connectivity index (χ4v) is 4.49. The molecule has 1 heterocycles. The highest BCUT2D eigenvalue weighted by Gasteiger charge is 2.36. The van der Waals surface area contributed by atoms with Gasteiger partial charge >= 0.3 is 0 Å². The lowest BCUT2D eigenvalue weighted by Crippen LogP contribution is -2.41. The summed E-state index contributed by atoms with van der Waals surface area (Å²) in [5.41, 5.74) is 0. The number of hydrogen-bond acceptors (Lipinski definition) is 6. The average molecular weight is 331 g/mol. The van der Waals surface area contributed by atoms with Gasteiger partial charge < -0.3 is 20.1 Å². The van der Waals surface area contributed by atoms with Crippen molar-refractivity contribution in [2.75, 3.05) is 44.9 Å². The molecule has 0 amide bonds. The van der Waals surface area contributed by atoms with Crippen LogP contribution in [0, 0.1) is 0 Å². The standard InChI is InChI=1S/C10H19ClN2O4S2/c1-13(2-4-14)3-5-17-10(18)12-9-7-19(15,16)6-8(9)11/h8-9,14H,2-7H2,1H3,(H,12,18)/t8-,9+/m0/s1. The Hall–Kier alpha value is -0.150. The number of hydrogen-bond donors (Lipinski definition) is 2. The molecule has 19 heavy (non-hydrogen) atoms. The van der Waals surface area contributed by atoms with Crippen LogP contribution in [0.2, 0.25) is 0 Å². The van der Waals surface area contributed by atoms with Gasteiger partial charge in [-0.25, -0.2) is 8.42 Å². The third-order valence-corrected chi connectivity index (χ3v) is 5.39. The molecule has 0 aromatic rings. The van der Waals surface area contributed by atoms with Gasteiger partial charge in [-0.15, -0.1) is 11.6 Å². The van der Waals surface area contributed by atoms with Crippen LogP contribution in [0.15, 0.2) is 0 Å². The highest BCUT2D eigenvalue weighted by molar-refractivity contribution is 7.91. The molecule has 1 aliphatic rings. The molecule has 0 aromatic heterocycles. The Bertz CT molecular complexity index is 404. The van der Waals surface area contributed by atoms with Crippen molar-refractivity contribution in [1.29, 1.82) is 0 Å². The summed E-state index contributed by atoms with van der Waals surface area (Å²) < 4.78 is 28.0. The van der Waals surface area contributed by atoms with Crippen LogP contribution in [0.5, 0.6) is 0 Å². The Morgan fingerprint density at radius 1 is 1.53 bits per heavy atom. The molecular weight excluding hydrogens is 312 g/mol. The molecular formula is C10H19ClN2O4S2. The zero-order valence-electron chi connectivity index (χ0n) is 10.7. The van der Waals surface area contributed by atoms with Crippen LogP contribution in [0.25, 0.3) is 0 Å². The monoisotopic (exact) mass is 330 g/mol. The lowest BCUT2D eigenvalue weighted by molar-refractivity contribution is 0.187. The number of sulfone groups is 1. The van der Waals surface area contributed by atoms with E-state index in [4.69, 9.17) is 33.7 Å². The van der Waals surface area contributed by atoms with E-state index in [1.165, 1.54) is 0 Å². The van der Waals surface area contributed by atoms with Gasteiger partial charge in [0.2, 0.25) is 0 Å². The molecule has 0 unspecified atom stereocenters. The third-order valence-electron chi connectivity index (χ3n) is 2.77. The number of rotatable bonds is 6. The minimum absolute atomic E-state index is 0.0188. The Morgan fingerprint density at radius 2 is 2.21 bits per heavy atom. The van der Waals surface area contributed by atoms with Crippen molar-refractivity contribution < 1.29 is 18.3 Å². The second kappa shape index (κ2) is 7.58. The van der Waals surface area contributed by atoms with Gasteiger partial charge in [-0.1, -0.05) is 0 Å². The van der Waals surface area contributed by atoms with Crippen LogP contribution in [0.3, 0.4) is 0 Å². The van der Waals surface area contributed by atoms with Crippen LogP contribution in [-0.4, -0.2) is 79.9 Å². The predicted molar refractivity (Wildman–Crippen MR) is 78.4 cm³/mol. The Labute approximate surface area is 124 Å². The number of nitrogens with zero attached hydrogens (tertiary/aromatic N) is 1. The molecule has 1 fully saturated rings. The number of nitrogens with one attached hydrogen (secondary N) is 1. The summed E-state index contributed by atoms with van der Waals surface area (Å²) in [4.78, 5) is 1.90. The van der Waals surface area contributed by atoms with Crippen molar-refractivity contribution in [3.8, 4) is 0 Å². The first-order valence-electron chi connectivity index (χ1n) is 5.91. The maximum atomic E-state index is 11.4. The molecule has 112 valence electrons. The van der Waals surface area contributed by atoms with Crippen LogP contribution < -0.4 is 5.32 Å². The fraction of sp³-hybridized carbons (Fsp3) is 0.900. The number of aliphatic hydroxyl groups is 1. The van der Waals surface area contributed by atoms with Gasteiger partial charge in [0.25, 0.3) is 5.17 Å². The van der Waals surface area contributed by atoms with Crippen molar-refractivity contribution >= 4 is 38.8 Å². The van der Waals surface area contributed by atoms with E-state index in [0.29, 0.717) is 19.7 Å². The summed E-state index contributed by atoms with van der Waals surface area (Å²) in [5, 5.41) is 11.2. The van der Waals surface area contributed by atoms with Crippen molar-refractivity contribution in [3.05, 3.63) is 0 Å². The molecule has 2 atom stereocenters. The Morgan fingerprint density at radius 3 is 2.74 bits per heavy atom. The first kappa shape index (κ1) is 16.9. The van der Waals surface area contributed by atoms with Crippen LogP contribution >= 0.6 is 23.8 Å². The maximum Gasteiger partial charge on any atom is 0.256 e. The zero-order chi connectivity index (χ0) is 14.5. The van der Waals surface area contributed by atoms with Gasteiger partial charge in [-0.2, -0.15) is 0 Å². The normalized spacial score (nSPS) is 25.5. The summed E-state index contributed by atoms with van der Waals surface area (Å²) >= 11 is 10.9. The van der Waals surface area contributed by atoms with E-state index in [1.54, 1.807) is 0 Å². The molecule has 0 spiro atoms. The van der Waals surface area contributed by atoms with Gasteiger partial charge in [0.1, 0.15) is 6.61 Å². The smallest absolute Gasteiger partial charge is 0.256 e. The summed E-state index contributed by atoms with van der Waals surface area (Å²) in [6.45, 7) is 1.64. The Kier molecular flexibility index (Phi) is 6.75. The lowest BCUT2D eigenvalue weighted by atomic mass is 10.3. The maximum absolute atomic E-state index is 11.4. The number of halogens is 1. The van der Waals surface area contributed by atoms with Gasteiger partial charge in [0.05, 0.1) is 29.5 Å². The van der Waals surface area contributed by atoms with E-state index in [9.17, 15) is 8.42 Å². The summed E-state index contributed by atoms with van der Waals surface area (Å²) in [7, 11) is -1.22. The van der Waals surface area contributed by atoms with Crippen molar-refractivity contribution in [2.24, 2.45) is 0 Å². The number of ether oxygens (including phenoxy) is 1.